The maximum Gasteiger partial charge on any atom is 0.242 e. The summed E-state index contributed by atoms with van der Waals surface area (Å²) < 4.78 is 6.87. The number of carbonyl (C=O) groups is 1. The van der Waals surface area contributed by atoms with Crippen molar-refractivity contribution in [3.8, 4) is 0 Å². The molecule has 1 aromatic carbocycles. The summed E-state index contributed by atoms with van der Waals surface area (Å²) in [5.74, 6) is -0.0328. The predicted molar refractivity (Wildman–Crippen MR) is 82.2 cm³/mol. The maximum atomic E-state index is 12.3. The van der Waals surface area contributed by atoms with Gasteiger partial charge in [0.25, 0.3) is 0 Å². The van der Waals surface area contributed by atoms with Gasteiger partial charge in [-0.25, -0.2) is 0 Å². The van der Waals surface area contributed by atoms with Crippen LogP contribution in [0, 0.1) is 6.92 Å². The fourth-order valence-electron chi connectivity index (χ4n) is 2.48. The van der Waals surface area contributed by atoms with Crippen LogP contribution in [0.15, 0.2) is 30.3 Å². The number of hydrogen-bond acceptors (Lipinski definition) is 3. The SMILES string of the molecule is COCC(O)CN(C)C(=O)Cn1c(C)cc2ccccc21. The van der Waals surface area contributed by atoms with E-state index in [-0.39, 0.29) is 25.6 Å². The minimum atomic E-state index is -0.661. The van der Waals surface area contributed by atoms with Crippen LogP contribution in [0.4, 0.5) is 0 Å². The number of rotatable bonds is 6. The van der Waals surface area contributed by atoms with E-state index in [4.69, 9.17) is 4.74 Å². The van der Waals surface area contributed by atoms with E-state index in [1.807, 2.05) is 35.8 Å². The molecule has 2 rings (SSSR count). The van der Waals surface area contributed by atoms with Crippen molar-refractivity contribution in [1.29, 1.82) is 0 Å². The fraction of sp³-hybridized carbons (Fsp3) is 0.438. The second-order valence-corrected chi connectivity index (χ2v) is 5.31. The molecule has 0 saturated carbocycles. The van der Waals surface area contributed by atoms with Crippen LogP contribution in [0.1, 0.15) is 5.69 Å². The highest BCUT2D eigenvalue weighted by molar-refractivity contribution is 5.84. The van der Waals surface area contributed by atoms with Gasteiger partial charge in [-0.3, -0.25) is 4.79 Å². The van der Waals surface area contributed by atoms with Gasteiger partial charge < -0.3 is 19.3 Å². The number of carbonyl (C=O) groups excluding carboxylic acids is 1. The Kier molecular flexibility index (Phi) is 4.98. The van der Waals surface area contributed by atoms with Crippen molar-refractivity contribution >= 4 is 16.8 Å². The number of aliphatic hydroxyl groups excluding tert-OH is 1. The van der Waals surface area contributed by atoms with E-state index in [1.54, 1.807) is 7.05 Å². The summed E-state index contributed by atoms with van der Waals surface area (Å²) >= 11 is 0. The van der Waals surface area contributed by atoms with Crippen molar-refractivity contribution in [1.82, 2.24) is 9.47 Å². The van der Waals surface area contributed by atoms with Crippen molar-refractivity contribution < 1.29 is 14.6 Å². The molecule has 5 heteroatoms. The summed E-state index contributed by atoms with van der Waals surface area (Å²) in [6.07, 6.45) is -0.661. The average molecular weight is 290 g/mol. The maximum absolute atomic E-state index is 12.3. The Morgan fingerprint density at radius 3 is 2.86 bits per heavy atom. The van der Waals surface area contributed by atoms with Crippen molar-refractivity contribution in [2.75, 3.05) is 27.3 Å². The van der Waals surface area contributed by atoms with Gasteiger partial charge in [-0.05, 0) is 24.4 Å². The third-order valence-corrected chi connectivity index (χ3v) is 3.58. The molecule has 0 spiro atoms. The molecule has 0 aliphatic carbocycles. The monoisotopic (exact) mass is 290 g/mol. The number of methoxy groups -OCH3 is 1. The molecule has 0 saturated heterocycles. The molecular weight excluding hydrogens is 268 g/mol. The number of para-hydroxylation sites is 1. The number of likely N-dealkylation sites (N-methyl/N-ethyl adjacent to an activating group) is 1. The molecule has 1 unspecified atom stereocenters. The summed E-state index contributed by atoms with van der Waals surface area (Å²) in [6, 6.07) is 10.1. The Balaban J connectivity index is 2.09. The Labute approximate surface area is 124 Å². The van der Waals surface area contributed by atoms with Gasteiger partial charge in [0.15, 0.2) is 0 Å². The number of benzene rings is 1. The lowest BCUT2D eigenvalue weighted by Gasteiger charge is -2.21. The zero-order valence-corrected chi connectivity index (χ0v) is 12.7. The lowest BCUT2D eigenvalue weighted by molar-refractivity contribution is -0.132. The van der Waals surface area contributed by atoms with Gasteiger partial charge in [-0.2, -0.15) is 0 Å². The van der Waals surface area contributed by atoms with Gasteiger partial charge in [-0.1, -0.05) is 18.2 Å². The molecule has 5 nitrogen and oxygen atoms in total. The number of amides is 1. The van der Waals surface area contributed by atoms with Gasteiger partial charge in [0.2, 0.25) is 5.91 Å². The van der Waals surface area contributed by atoms with E-state index in [2.05, 4.69) is 6.07 Å². The number of ether oxygens (including phenoxy) is 1. The normalized spacial score (nSPS) is 12.6. The van der Waals surface area contributed by atoms with Gasteiger partial charge in [-0.15, -0.1) is 0 Å². The van der Waals surface area contributed by atoms with E-state index in [0.29, 0.717) is 0 Å². The van der Waals surface area contributed by atoms with Crippen LogP contribution in [0.2, 0.25) is 0 Å². The van der Waals surface area contributed by atoms with Crippen LogP contribution < -0.4 is 0 Å². The minimum absolute atomic E-state index is 0.0328. The van der Waals surface area contributed by atoms with Crippen LogP contribution in [0.25, 0.3) is 10.9 Å². The average Bonchev–Trinajstić information content (AvgIpc) is 2.75. The lowest BCUT2D eigenvalue weighted by Crippen LogP contribution is -2.38. The summed E-state index contributed by atoms with van der Waals surface area (Å²) in [7, 11) is 3.22. The largest absolute Gasteiger partial charge is 0.389 e. The van der Waals surface area contributed by atoms with E-state index >= 15 is 0 Å². The van der Waals surface area contributed by atoms with Crippen molar-refractivity contribution in [2.24, 2.45) is 0 Å². The van der Waals surface area contributed by atoms with Crippen LogP contribution in [-0.4, -0.2) is 53.9 Å². The van der Waals surface area contributed by atoms with Crippen LogP contribution in [-0.2, 0) is 16.1 Å². The quantitative estimate of drug-likeness (QED) is 0.875. The van der Waals surface area contributed by atoms with E-state index in [9.17, 15) is 9.90 Å². The number of fused-ring (bicyclic) bond motifs is 1. The summed E-state index contributed by atoms with van der Waals surface area (Å²) in [5.41, 5.74) is 2.10. The Morgan fingerprint density at radius 1 is 1.43 bits per heavy atom. The number of aromatic nitrogens is 1. The molecule has 1 aromatic heterocycles. The van der Waals surface area contributed by atoms with Crippen LogP contribution in [0.3, 0.4) is 0 Å². The van der Waals surface area contributed by atoms with Crippen molar-refractivity contribution in [3.05, 3.63) is 36.0 Å². The summed E-state index contributed by atoms with van der Waals surface area (Å²) in [6.45, 7) is 2.76. The van der Waals surface area contributed by atoms with Crippen LogP contribution >= 0.6 is 0 Å². The second kappa shape index (κ2) is 6.74. The number of nitrogens with zero attached hydrogens (tertiary/aromatic N) is 2. The first kappa shape index (κ1) is 15.5. The third-order valence-electron chi connectivity index (χ3n) is 3.58. The van der Waals surface area contributed by atoms with E-state index in [0.717, 1.165) is 16.6 Å². The Hall–Kier alpha value is -1.85. The van der Waals surface area contributed by atoms with Gasteiger partial charge >= 0.3 is 0 Å². The number of aryl methyl sites for hydroxylation is 1. The van der Waals surface area contributed by atoms with Gasteiger partial charge in [0, 0.05) is 31.9 Å². The molecule has 0 aliphatic heterocycles. The first-order chi connectivity index (χ1) is 10.0. The Bertz CT molecular complexity index is 621. The number of aliphatic hydroxyl groups is 1. The second-order valence-electron chi connectivity index (χ2n) is 5.31. The highest BCUT2D eigenvalue weighted by atomic mass is 16.5. The molecule has 1 heterocycles. The molecule has 21 heavy (non-hydrogen) atoms. The molecule has 1 N–H and O–H groups in total. The predicted octanol–water partition coefficient (Wildman–Crippen LogP) is 1.42. The smallest absolute Gasteiger partial charge is 0.242 e. The topological polar surface area (TPSA) is 54.7 Å². The summed E-state index contributed by atoms with van der Waals surface area (Å²) in [4.78, 5) is 13.8. The number of hydrogen-bond donors (Lipinski definition) is 1. The molecule has 1 atom stereocenters. The molecule has 0 fully saturated rings. The zero-order valence-electron chi connectivity index (χ0n) is 12.7. The van der Waals surface area contributed by atoms with Crippen molar-refractivity contribution in [3.63, 3.8) is 0 Å². The molecular formula is C16H22N2O3. The fourth-order valence-corrected chi connectivity index (χ4v) is 2.48. The third kappa shape index (κ3) is 3.62. The minimum Gasteiger partial charge on any atom is -0.389 e. The van der Waals surface area contributed by atoms with E-state index in [1.165, 1.54) is 12.0 Å². The molecule has 0 radical (unpaired) electrons. The molecule has 0 bridgehead atoms. The first-order valence-corrected chi connectivity index (χ1v) is 6.98. The van der Waals surface area contributed by atoms with Gasteiger partial charge in [0.1, 0.15) is 6.54 Å². The zero-order chi connectivity index (χ0) is 15.4. The molecule has 114 valence electrons. The highest BCUT2D eigenvalue weighted by Crippen LogP contribution is 2.19. The standard InChI is InChI=1S/C16H22N2O3/c1-12-8-13-6-4-5-7-15(13)18(12)10-16(20)17(2)9-14(19)11-21-3/h4-8,14,19H,9-11H2,1-3H3. The lowest BCUT2D eigenvalue weighted by atomic mass is 10.2. The molecule has 1 amide bonds. The van der Waals surface area contributed by atoms with Gasteiger partial charge in [0.05, 0.1) is 12.7 Å². The highest BCUT2D eigenvalue weighted by Gasteiger charge is 2.16. The summed E-state index contributed by atoms with van der Waals surface area (Å²) in [5, 5.41) is 10.8. The van der Waals surface area contributed by atoms with Crippen molar-refractivity contribution in [2.45, 2.75) is 19.6 Å². The molecule has 0 aliphatic rings. The molecule has 2 aromatic rings. The first-order valence-electron chi connectivity index (χ1n) is 6.98. The Morgan fingerprint density at radius 2 is 2.14 bits per heavy atom. The van der Waals surface area contributed by atoms with E-state index < -0.39 is 6.10 Å². The van der Waals surface area contributed by atoms with Crippen LogP contribution in [0.5, 0.6) is 0 Å².